The van der Waals surface area contributed by atoms with Crippen molar-refractivity contribution >= 4 is 21.8 Å². The summed E-state index contributed by atoms with van der Waals surface area (Å²) in [5, 5.41) is 5.20. The Morgan fingerprint density at radius 3 is 2.65 bits per heavy atom. The maximum atomic E-state index is 11.4. The third-order valence-corrected chi connectivity index (χ3v) is 3.15. The Hall–Kier alpha value is -1.60. The van der Waals surface area contributed by atoms with Gasteiger partial charge in [-0.2, -0.15) is 8.42 Å². The van der Waals surface area contributed by atoms with Crippen LogP contribution >= 0.6 is 0 Å². The Kier molecular flexibility index (Phi) is 3.03. The summed E-state index contributed by atoms with van der Waals surface area (Å²) in [4.78, 5) is 11.1. The molecule has 1 aromatic rings. The van der Waals surface area contributed by atoms with Crippen molar-refractivity contribution in [3.8, 4) is 0 Å². The quantitative estimate of drug-likeness (QED) is 0.708. The van der Waals surface area contributed by atoms with Crippen molar-refractivity contribution in [1.29, 1.82) is 0 Å². The number of rotatable bonds is 3. The lowest BCUT2D eigenvalue weighted by atomic mass is 10.3. The minimum atomic E-state index is -4.24. The number of hydrogen-bond acceptors (Lipinski definition) is 3. The van der Waals surface area contributed by atoms with Crippen LogP contribution in [0.5, 0.6) is 0 Å². The molecule has 0 saturated heterocycles. The summed E-state index contributed by atoms with van der Waals surface area (Å²) in [7, 11) is -4.24. The van der Waals surface area contributed by atoms with Crippen LogP contribution in [0.2, 0.25) is 0 Å². The van der Waals surface area contributed by atoms with Gasteiger partial charge in [0.05, 0.1) is 4.90 Å². The van der Waals surface area contributed by atoms with Crippen molar-refractivity contribution in [1.82, 2.24) is 5.32 Å². The van der Waals surface area contributed by atoms with Crippen molar-refractivity contribution in [3.05, 3.63) is 24.3 Å². The van der Waals surface area contributed by atoms with Gasteiger partial charge in [0.25, 0.3) is 10.1 Å². The molecule has 0 spiro atoms. The molecule has 0 radical (unpaired) electrons. The zero-order valence-corrected chi connectivity index (χ0v) is 9.70. The molecular weight excluding hydrogens is 244 g/mol. The number of carbonyl (C=O) groups excluding carboxylic acids is 1. The molecule has 0 atom stereocenters. The molecule has 0 bridgehead atoms. The lowest BCUT2D eigenvalue weighted by molar-refractivity contribution is 0.251. The van der Waals surface area contributed by atoms with Crippen LogP contribution in [0, 0.1) is 0 Å². The maximum absolute atomic E-state index is 11.4. The highest BCUT2D eigenvalue weighted by molar-refractivity contribution is 7.85. The molecule has 1 aliphatic rings. The lowest BCUT2D eigenvalue weighted by Gasteiger charge is -2.07. The van der Waals surface area contributed by atoms with Crippen LogP contribution in [0.1, 0.15) is 12.8 Å². The molecule has 7 heteroatoms. The van der Waals surface area contributed by atoms with Gasteiger partial charge in [-0.15, -0.1) is 0 Å². The van der Waals surface area contributed by atoms with Crippen molar-refractivity contribution in [3.63, 3.8) is 0 Å². The molecule has 2 amide bonds. The van der Waals surface area contributed by atoms with Crippen molar-refractivity contribution in [2.45, 2.75) is 23.8 Å². The fourth-order valence-electron chi connectivity index (χ4n) is 1.31. The number of urea groups is 1. The normalized spacial score (nSPS) is 15.4. The molecule has 1 fully saturated rings. The molecule has 0 aliphatic heterocycles. The van der Waals surface area contributed by atoms with Gasteiger partial charge in [0.15, 0.2) is 0 Å². The second-order valence-corrected chi connectivity index (χ2v) is 5.30. The van der Waals surface area contributed by atoms with Gasteiger partial charge >= 0.3 is 6.03 Å². The molecule has 1 saturated carbocycles. The molecule has 2 rings (SSSR count). The van der Waals surface area contributed by atoms with Crippen molar-refractivity contribution in [2.75, 3.05) is 5.32 Å². The summed E-state index contributed by atoms with van der Waals surface area (Å²) in [6, 6.07) is 5.28. The Labute approximate surface area is 98.8 Å². The Morgan fingerprint density at radius 2 is 2.06 bits per heavy atom. The first-order valence-corrected chi connectivity index (χ1v) is 6.54. The molecule has 17 heavy (non-hydrogen) atoms. The standard InChI is InChI=1S/C10H12N2O4S/c13-10(11-7-4-5-7)12-8-2-1-3-9(6-8)17(14,15)16/h1-3,6-7H,4-5H2,(H2,11,12,13)(H,14,15,16). The first kappa shape index (κ1) is 11.9. The van der Waals surface area contributed by atoms with Crippen LogP contribution in [0.3, 0.4) is 0 Å². The predicted molar refractivity (Wildman–Crippen MR) is 61.4 cm³/mol. The molecule has 6 nitrogen and oxygen atoms in total. The number of amides is 2. The topological polar surface area (TPSA) is 95.5 Å². The summed E-state index contributed by atoms with van der Waals surface area (Å²) >= 11 is 0. The Bertz CT molecular complexity index is 537. The predicted octanol–water partition coefficient (Wildman–Crippen LogP) is 1.22. The van der Waals surface area contributed by atoms with E-state index in [4.69, 9.17) is 4.55 Å². The molecule has 1 aromatic carbocycles. The van der Waals surface area contributed by atoms with E-state index in [1.54, 1.807) is 6.07 Å². The first-order valence-electron chi connectivity index (χ1n) is 5.10. The molecule has 0 heterocycles. The Morgan fingerprint density at radius 1 is 1.35 bits per heavy atom. The number of nitrogens with one attached hydrogen (secondary N) is 2. The largest absolute Gasteiger partial charge is 0.335 e. The maximum Gasteiger partial charge on any atom is 0.319 e. The average molecular weight is 256 g/mol. The van der Waals surface area contributed by atoms with E-state index in [0.717, 1.165) is 12.8 Å². The van der Waals surface area contributed by atoms with Gasteiger partial charge in [-0.1, -0.05) is 6.07 Å². The van der Waals surface area contributed by atoms with E-state index in [0.29, 0.717) is 5.69 Å². The zero-order chi connectivity index (χ0) is 12.5. The molecule has 3 N–H and O–H groups in total. The van der Waals surface area contributed by atoms with Crippen LogP contribution in [0.4, 0.5) is 10.5 Å². The van der Waals surface area contributed by atoms with Crippen molar-refractivity contribution in [2.24, 2.45) is 0 Å². The number of hydrogen-bond donors (Lipinski definition) is 3. The average Bonchev–Trinajstić information content (AvgIpc) is 3.00. The first-order chi connectivity index (χ1) is 7.95. The summed E-state index contributed by atoms with van der Waals surface area (Å²) < 4.78 is 30.6. The fourth-order valence-corrected chi connectivity index (χ4v) is 1.84. The molecule has 0 unspecified atom stereocenters. The van der Waals surface area contributed by atoms with Gasteiger partial charge in [-0.3, -0.25) is 4.55 Å². The van der Waals surface area contributed by atoms with E-state index in [9.17, 15) is 13.2 Å². The molecule has 0 aromatic heterocycles. The SMILES string of the molecule is O=C(Nc1cccc(S(=O)(=O)O)c1)NC1CC1. The van der Waals surface area contributed by atoms with Gasteiger partial charge in [0.1, 0.15) is 0 Å². The minimum Gasteiger partial charge on any atom is -0.335 e. The summed E-state index contributed by atoms with van der Waals surface area (Å²) in [5.74, 6) is 0. The van der Waals surface area contributed by atoms with E-state index in [1.807, 2.05) is 0 Å². The molecule has 92 valence electrons. The van der Waals surface area contributed by atoms with Gasteiger partial charge in [-0.25, -0.2) is 4.79 Å². The van der Waals surface area contributed by atoms with E-state index < -0.39 is 10.1 Å². The van der Waals surface area contributed by atoms with Crippen LogP contribution in [0.25, 0.3) is 0 Å². The smallest absolute Gasteiger partial charge is 0.319 e. The third kappa shape index (κ3) is 3.43. The monoisotopic (exact) mass is 256 g/mol. The Balaban J connectivity index is 2.07. The number of benzene rings is 1. The lowest BCUT2D eigenvalue weighted by Crippen LogP contribution is -2.30. The minimum absolute atomic E-state index is 0.222. The van der Waals surface area contributed by atoms with Crippen LogP contribution in [-0.2, 0) is 10.1 Å². The molecule has 1 aliphatic carbocycles. The molecular formula is C10H12N2O4S. The third-order valence-electron chi connectivity index (χ3n) is 2.30. The second kappa shape index (κ2) is 4.34. The van der Waals surface area contributed by atoms with Gasteiger partial charge < -0.3 is 10.6 Å². The second-order valence-electron chi connectivity index (χ2n) is 3.88. The highest BCUT2D eigenvalue weighted by Crippen LogP contribution is 2.19. The highest BCUT2D eigenvalue weighted by atomic mass is 32.2. The van der Waals surface area contributed by atoms with Gasteiger partial charge in [0, 0.05) is 11.7 Å². The highest BCUT2D eigenvalue weighted by Gasteiger charge is 2.23. The fraction of sp³-hybridized carbons (Fsp3) is 0.300. The van der Waals surface area contributed by atoms with Crippen molar-refractivity contribution < 1.29 is 17.8 Å². The van der Waals surface area contributed by atoms with Crippen LogP contribution in [0.15, 0.2) is 29.2 Å². The van der Waals surface area contributed by atoms with Crippen LogP contribution < -0.4 is 10.6 Å². The van der Waals surface area contributed by atoms with Gasteiger partial charge in [-0.05, 0) is 31.0 Å². The summed E-state index contributed by atoms with van der Waals surface area (Å²) in [5.41, 5.74) is 0.318. The van der Waals surface area contributed by atoms with E-state index >= 15 is 0 Å². The van der Waals surface area contributed by atoms with Crippen LogP contribution in [-0.4, -0.2) is 25.0 Å². The summed E-state index contributed by atoms with van der Waals surface area (Å²) in [6.45, 7) is 0. The van der Waals surface area contributed by atoms with E-state index in [2.05, 4.69) is 10.6 Å². The number of carbonyl (C=O) groups is 1. The van der Waals surface area contributed by atoms with Gasteiger partial charge in [0.2, 0.25) is 0 Å². The number of anilines is 1. The summed E-state index contributed by atoms with van der Waals surface area (Å²) in [6.07, 6.45) is 1.94. The zero-order valence-electron chi connectivity index (χ0n) is 8.88. The van der Waals surface area contributed by atoms with E-state index in [-0.39, 0.29) is 17.0 Å². The van der Waals surface area contributed by atoms with E-state index in [1.165, 1.54) is 18.2 Å².